The molecular weight excluding hydrogens is 318 g/mol. The molecule has 2 unspecified atom stereocenters. The number of nitrogens with two attached hydrogens (primary N) is 1. The fourth-order valence-electron chi connectivity index (χ4n) is 1.90. The van der Waals surface area contributed by atoms with E-state index in [1.165, 1.54) is 0 Å². The van der Waals surface area contributed by atoms with Gasteiger partial charge in [-0.2, -0.15) is 0 Å². The van der Waals surface area contributed by atoms with Gasteiger partial charge in [-0.1, -0.05) is 35.0 Å². The predicted molar refractivity (Wildman–Crippen MR) is 86.8 cm³/mol. The number of hydrogen-bond donors (Lipinski definition) is 1. The van der Waals surface area contributed by atoms with Gasteiger partial charge in [0, 0.05) is 17.6 Å². The molecule has 0 fully saturated rings. The summed E-state index contributed by atoms with van der Waals surface area (Å²) in [6, 6.07) is 8.15. The van der Waals surface area contributed by atoms with Crippen LogP contribution in [0.25, 0.3) is 0 Å². The molecule has 0 saturated heterocycles. The minimum absolute atomic E-state index is 0.00467. The first-order valence-electron chi connectivity index (χ1n) is 7.07. The highest BCUT2D eigenvalue weighted by atomic mass is 79.9. The fraction of sp³-hybridized carbons (Fsp3) is 0.625. The summed E-state index contributed by atoms with van der Waals surface area (Å²) in [6.45, 7) is 6.83. The van der Waals surface area contributed by atoms with E-state index in [2.05, 4.69) is 48.8 Å². The maximum Gasteiger partial charge on any atom is 0.0975 e. The Balaban J connectivity index is 2.71. The van der Waals surface area contributed by atoms with Crippen molar-refractivity contribution in [3.8, 4) is 0 Å². The summed E-state index contributed by atoms with van der Waals surface area (Å²) in [7, 11) is 1.73. The van der Waals surface area contributed by atoms with Crippen molar-refractivity contribution < 1.29 is 9.47 Å². The number of rotatable bonds is 8. The van der Waals surface area contributed by atoms with Gasteiger partial charge in [0.15, 0.2) is 0 Å². The van der Waals surface area contributed by atoms with Crippen LogP contribution in [-0.4, -0.2) is 25.4 Å². The molecule has 0 spiro atoms. The highest BCUT2D eigenvalue weighted by Crippen LogP contribution is 2.26. The zero-order valence-corrected chi connectivity index (χ0v) is 14.4. The SMILES string of the molecule is CCC(N)C(OCCC(C)(C)OC)c1cccc(Br)c1. The molecule has 20 heavy (non-hydrogen) atoms. The Labute approximate surface area is 131 Å². The third kappa shape index (κ3) is 5.52. The molecule has 0 aliphatic heterocycles. The summed E-state index contributed by atoms with van der Waals surface area (Å²) in [5.74, 6) is 0. The summed E-state index contributed by atoms with van der Waals surface area (Å²) < 4.78 is 12.5. The lowest BCUT2D eigenvalue weighted by molar-refractivity contribution is -0.0332. The maximum atomic E-state index is 6.21. The number of hydrogen-bond acceptors (Lipinski definition) is 3. The van der Waals surface area contributed by atoms with Crippen molar-refractivity contribution in [2.75, 3.05) is 13.7 Å². The normalized spacial score (nSPS) is 15.1. The highest BCUT2D eigenvalue weighted by Gasteiger charge is 2.22. The zero-order chi connectivity index (χ0) is 15.2. The van der Waals surface area contributed by atoms with E-state index >= 15 is 0 Å². The Morgan fingerprint density at radius 2 is 2.05 bits per heavy atom. The lowest BCUT2D eigenvalue weighted by Crippen LogP contribution is -2.31. The van der Waals surface area contributed by atoms with Gasteiger partial charge in [-0.25, -0.2) is 0 Å². The van der Waals surface area contributed by atoms with Crippen LogP contribution in [0.5, 0.6) is 0 Å². The van der Waals surface area contributed by atoms with E-state index < -0.39 is 0 Å². The van der Waals surface area contributed by atoms with Crippen molar-refractivity contribution in [3.63, 3.8) is 0 Å². The van der Waals surface area contributed by atoms with Gasteiger partial charge in [0.1, 0.15) is 0 Å². The zero-order valence-electron chi connectivity index (χ0n) is 12.9. The van der Waals surface area contributed by atoms with Crippen LogP contribution in [0, 0.1) is 0 Å². The van der Waals surface area contributed by atoms with Gasteiger partial charge in [-0.15, -0.1) is 0 Å². The van der Waals surface area contributed by atoms with E-state index in [0.29, 0.717) is 6.61 Å². The minimum atomic E-state index is -0.169. The van der Waals surface area contributed by atoms with Crippen molar-refractivity contribution >= 4 is 15.9 Å². The molecule has 2 N–H and O–H groups in total. The third-order valence-corrected chi connectivity index (χ3v) is 4.08. The van der Waals surface area contributed by atoms with Crippen LogP contribution in [0.3, 0.4) is 0 Å². The average Bonchev–Trinajstić information content (AvgIpc) is 2.43. The fourth-order valence-corrected chi connectivity index (χ4v) is 2.32. The van der Waals surface area contributed by atoms with Gasteiger partial charge in [0.2, 0.25) is 0 Å². The van der Waals surface area contributed by atoms with Gasteiger partial charge < -0.3 is 15.2 Å². The number of ether oxygens (including phenoxy) is 2. The van der Waals surface area contributed by atoms with Gasteiger partial charge in [-0.3, -0.25) is 0 Å². The lowest BCUT2D eigenvalue weighted by Gasteiger charge is -2.27. The largest absolute Gasteiger partial charge is 0.379 e. The van der Waals surface area contributed by atoms with Crippen LogP contribution in [0.1, 0.15) is 45.3 Å². The van der Waals surface area contributed by atoms with Crippen molar-refractivity contribution in [1.82, 2.24) is 0 Å². The van der Waals surface area contributed by atoms with E-state index in [1.807, 2.05) is 12.1 Å². The quantitative estimate of drug-likeness (QED) is 0.773. The molecule has 0 aromatic heterocycles. The van der Waals surface area contributed by atoms with Crippen LogP contribution < -0.4 is 5.73 Å². The number of halogens is 1. The Morgan fingerprint density at radius 1 is 1.35 bits per heavy atom. The smallest absolute Gasteiger partial charge is 0.0975 e. The molecule has 3 nitrogen and oxygen atoms in total. The van der Waals surface area contributed by atoms with Gasteiger partial charge in [0.25, 0.3) is 0 Å². The van der Waals surface area contributed by atoms with Gasteiger partial charge >= 0.3 is 0 Å². The molecule has 0 aliphatic carbocycles. The minimum Gasteiger partial charge on any atom is -0.379 e. The van der Waals surface area contributed by atoms with Crippen molar-refractivity contribution in [2.45, 2.75) is 51.4 Å². The van der Waals surface area contributed by atoms with Crippen molar-refractivity contribution in [2.24, 2.45) is 5.73 Å². The Morgan fingerprint density at radius 3 is 2.60 bits per heavy atom. The topological polar surface area (TPSA) is 44.5 Å². The van der Waals surface area contributed by atoms with Crippen LogP contribution in [0.4, 0.5) is 0 Å². The molecule has 1 rings (SSSR count). The van der Waals surface area contributed by atoms with Crippen LogP contribution >= 0.6 is 15.9 Å². The van der Waals surface area contributed by atoms with Gasteiger partial charge in [-0.05, 0) is 44.4 Å². The molecule has 114 valence electrons. The maximum absolute atomic E-state index is 6.21. The van der Waals surface area contributed by atoms with Gasteiger partial charge in [0.05, 0.1) is 18.3 Å². The van der Waals surface area contributed by atoms with Crippen molar-refractivity contribution in [1.29, 1.82) is 0 Å². The number of benzene rings is 1. The molecule has 0 radical (unpaired) electrons. The van der Waals surface area contributed by atoms with Crippen LogP contribution in [0.2, 0.25) is 0 Å². The first-order valence-corrected chi connectivity index (χ1v) is 7.86. The molecule has 4 heteroatoms. The highest BCUT2D eigenvalue weighted by molar-refractivity contribution is 9.10. The Hall–Kier alpha value is -0.420. The standard InChI is InChI=1S/C16H26BrNO2/c1-5-14(18)15(12-7-6-8-13(17)11-12)20-10-9-16(2,3)19-4/h6-8,11,14-15H,5,9-10,18H2,1-4H3. The lowest BCUT2D eigenvalue weighted by atomic mass is 10.0. The second-order valence-electron chi connectivity index (χ2n) is 5.63. The molecule has 1 aromatic rings. The molecule has 0 aliphatic rings. The second kappa shape index (κ2) is 8.13. The first-order chi connectivity index (χ1) is 9.39. The molecule has 0 bridgehead atoms. The van der Waals surface area contributed by atoms with Crippen LogP contribution in [-0.2, 0) is 9.47 Å². The van der Waals surface area contributed by atoms with E-state index in [9.17, 15) is 0 Å². The summed E-state index contributed by atoms with van der Waals surface area (Å²) >= 11 is 3.50. The molecule has 0 heterocycles. The summed E-state index contributed by atoms with van der Waals surface area (Å²) in [5.41, 5.74) is 7.16. The molecule has 1 aromatic carbocycles. The van der Waals surface area contributed by atoms with Crippen LogP contribution in [0.15, 0.2) is 28.7 Å². The molecule has 0 saturated carbocycles. The Bertz CT molecular complexity index is 409. The molecular formula is C16H26BrNO2. The van der Waals surface area contributed by atoms with Crippen molar-refractivity contribution in [3.05, 3.63) is 34.3 Å². The van der Waals surface area contributed by atoms with E-state index in [1.54, 1.807) is 7.11 Å². The predicted octanol–water partition coefficient (Wildman–Crippen LogP) is 4.06. The van der Waals surface area contributed by atoms with E-state index in [0.717, 1.165) is 22.9 Å². The second-order valence-corrected chi connectivity index (χ2v) is 6.55. The average molecular weight is 344 g/mol. The monoisotopic (exact) mass is 343 g/mol. The number of methoxy groups -OCH3 is 1. The van der Waals surface area contributed by atoms with E-state index in [-0.39, 0.29) is 17.7 Å². The molecule has 0 amide bonds. The molecule has 2 atom stereocenters. The third-order valence-electron chi connectivity index (χ3n) is 3.59. The van der Waals surface area contributed by atoms with E-state index in [4.69, 9.17) is 15.2 Å². The summed E-state index contributed by atoms with van der Waals surface area (Å²) in [5, 5.41) is 0. The first kappa shape index (κ1) is 17.6. The summed E-state index contributed by atoms with van der Waals surface area (Å²) in [6.07, 6.45) is 1.64. The summed E-state index contributed by atoms with van der Waals surface area (Å²) in [4.78, 5) is 0. The Kier molecular flexibility index (Phi) is 7.17.